The van der Waals surface area contributed by atoms with E-state index in [-0.39, 0.29) is 18.4 Å². The van der Waals surface area contributed by atoms with Gasteiger partial charge >= 0.3 is 0 Å². The Hall–Kier alpha value is -0.130. The zero-order chi connectivity index (χ0) is 10.5. The molecule has 0 rings (SSSR count). The van der Waals surface area contributed by atoms with Crippen molar-refractivity contribution in [1.82, 2.24) is 4.90 Å². The van der Waals surface area contributed by atoms with Gasteiger partial charge in [0.15, 0.2) is 0 Å². The highest BCUT2D eigenvalue weighted by Gasteiger charge is 2.08. The molecule has 0 heterocycles. The Morgan fingerprint density at radius 3 is 2.38 bits per heavy atom. The summed E-state index contributed by atoms with van der Waals surface area (Å²) in [6.45, 7) is 2.71. The third-order valence-electron chi connectivity index (χ3n) is 2.04. The average molecular weight is 209 g/mol. The Bertz CT molecular complexity index is 226. The molecule has 0 aliphatic rings. The highest BCUT2D eigenvalue weighted by atomic mass is 32.2. The van der Waals surface area contributed by atoms with Crippen LogP contribution in [-0.2, 0) is 9.84 Å². The molecule has 0 radical (unpaired) electrons. The van der Waals surface area contributed by atoms with Crippen LogP contribution in [0.15, 0.2) is 0 Å². The van der Waals surface area contributed by atoms with Gasteiger partial charge in [-0.2, -0.15) is 0 Å². The maximum Gasteiger partial charge on any atom is 0.147 e. The predicted molar refractivity (Wildman–Crippen MR) is 53.5 cm³/mol. The molecule has 0 aliphatic carbocycles. The van der Waals surface area contributed by atoms with E-state index in [9.17, 15) is 8.42 Å². The molecule has 0 bridgehead atoms. The van der Waals surface area contributed by atoms with E-state index in [4.69, 9.17) is 5.11 Å². The van der Waals surface area contributed by atoms with Gasteiger partial charge in [0.2, 0.25) is 0 Å². The Morgan fingerprint density at radius 1 is 1.46 bits per heavy atom. The highest BCUT2D eigenvalue weighted by Crippen LogP contribution is 1.97. The standard InChI is InChI=1S/C8H19NO3S/c1-8(7-10)9(2)5-4-6-13(3,11)12/h8,10H,4-7H2,1-3H3. The largest absolute Gasteiger partial charge is 0.395 e. The first-order valence-electron chi connectivity index (χ1n) is 4.35. The molecular weight excluding hydrogens is 190 g/mol. The van der Waals surface area contributed by atoms with Crippen LogP contribution >= 0.6 is 0 Å². The van der Waals surface area contributed by atoms with Crippen LogP contribution < -0.4 is 0 Å². The number of sulfone groups is 1. The fourth-order valence-electron chi connectivity index (χ4n) is 0.936. The van der Waals surface area contributed by atoms with Gasteiger partial charge in [-0.05, 0) is 26.9 Å². The van der Waals surface area contributed by atoms with E-state index in [0.29, 0.717) is 13.0 Å². The molecule has 0 aliphatic heterocycles. The lowest BCUT2D eigenvalue weighted by Crippen LogP contribution is -2.33. The second kappa shape index (κ2) is 5.57. The number of aliphatic hydroxyl groups excluding tert-OH is 1. The summed E-state index contributed by atoms with van der Waals surface area (Å²) in [5, 5.41) is 8.80. The number of likely N-dealkylation sites (N-methyl/N-ethyl adjacent to an activating group) is 1. The van der Waals surface area contributed by atoms with Crippen molar-refractivity contribution in [2.24, 2.45) is 0 Å². The monoisotopic (exact) mass is 209 g/mol. The quantitative estimate of drug-likeness (QED) is 0.654. The van der Waals surface area contributed by atoms with Crippen LogP contribution in [0.5, 0.6) is 0 Å². The summed E-state index contributed by atoms with van der Waals surface area (Å²) in [4.78, 5) is 1.95. The third kappa shape index (κ3) is 6.98. The molecular formula is C8H19NO3S. The van der Waals surface area contributed by atoms with Crippen LogP contribution in [0.3, 0.4) is 0 Å². The van der Waals surface area contributed by atoms with Crippen LogP contribution in [-0.4, -0.2) is 56.7 Å². The Balaban J connectivity index is 3.65. The molecule has 13 heavy (non-hydrogen) atoms. The summed E-state index contributed by atoms with van der Waals surface area (Å²) < 4.78 is 21.6. The molecule has 0 aromatic rings. The minimum atomic E-state index is -2.84. The molecule has 0 fully saturated rings. The minimum absolute atomic E-state index is 0.0968. The van der Waals surface area contributed by atoms with Crippen molar-refractivity contribution < 1.29 is 13.5 Å². The van der Waals surface area contributed by atoms with Gasteiger partial charge in [-0.15, -0.1) is 0 Å². The molecule has 4 nitrogen and oxygen atoms in total. The third-order valence-corrected chi connectivity index (χ3v) is 3.07. The molecule has 1 N–H and O–H groups in total. The molecule has 0 aromatic carbocycles. The number of hydrogen-bond acceptors (Lipinski definition) is 4. The van der Waals surface area contributed by atoms with E-state index < -0.39 is 9.84 Å². The van der Waals surface area contributed by atoms with Gasteiger partial charge in [0.1, 0.15) is 9.84 Å². The predicted octanol–water partition coefficient (Wildman–Crippen LogP) is -0.266. The molecule has 0 saturated carbocycles. The molecule has 0 aromatic heterocycles. The van der Waals surface area contributed by atoms with Crippen molar-refractivity contribution in [2.45, 2.75) is 19.4 Å². The summed E-state index contributed by atoms with van der Waals surface area (Å²) in [5.41, 5.74) is 0. The van der Waals surface area contributed by atoms with Crippen molar-refractivity contribution in [3.05, 3.63) is 0 Å². The molecule has 0 spiro atoms. The van der Waals surface area contributed by atoms with Gasteiger partial charge < -0.3 is 10.0 Å². The minimum Gasteiger partial charge on any atom is -0.395 e. The van der Waals surface area contributed by atoms with Crippen LogP contribution in [0.25, 0.3) is 0 Å². The van der Waals surface area contributed by atoms with Crippen molar-refractivity contribution >= 4 is 9.84 Å². The Kier molecular flexibility index (Phi) is 5.51. The van der Waals surface area contributed by atoms with Crippen LogP contribution in [0.1, 0.15) is 13.3 Å². The number of nitrogens with zero attached hydrogens (tertiary/aromatic N) is 1. The molecule has 1 unspecified atom stereocenters. The van der Waals surface area contributed by atoms with Crippen molar-refractivity contribution in [3.63, 3.8) is 0 Å². The zero-order valence-electron chi connectivity index (χ0n) is 8.52. The number of hydrogen-bond donors (Lipinski definition) is 1. The summed E-state index contributed by atoms with van der Waals surface area (Å²) >= 11 is 0. The van der Waals surface area contributed by atoms with Gasteiger partial charge in [-0.3, -0.25) is 0 Å². The van der Waals surface area contributed by atoms with Crippen molar-refractivity contribution in [3.8, 4) is 0 Å². The Morgan fingerprint density at radius 2 is 2.00 bits per heavy atom. The summed E-state index contributed by atoms with van der Waals surface area (Å²) in [7, 11) is -0.963. The molecule has 5 heteroatoms. The first-order valence-corrected chi connectivity index (χ1v) is 6.41. The first kappa shape index (κ1) is 12.9. The fraction of sp³-hybridized carbons (Fsp3) is 1.00. The van der Waals surface area contributed by atoms with Gasteiger partial charge in [0.05, 0.1) is 12.4 Å². The van der Waals surface area contributed by atoms with Crippen LogP contribution in [0.4, 0.5) is 0 Å². The highest BCUT2D eigenvalue weighted by molar-refractivity contribution is 7.90. The Labute approximate surface area is 80.5 Å². The molecule has 0 saturated heterocycles. The van der Waals surface area contributed by atoms with Crippen LogP contribution in [0.2, 0.25) is 0 Å². The second-order valence-corrected chi connectivity index (χ2v) is 5.76. The lowest BCUT2D eigenvalue weighted by atomic mass is 10.3. The second-order valence-electron chi connectivity index (χ2n) is 3.50. The first-order chi connectivity index (χ1) is 5.87. The summed E-state index contributed by atoms with van der Waals surface area (Å²) in [6.07, 6.45) is 1.86. The lowest BCUT2D eigenvalue weighted by Gasteiger charge is -2.22. The number of aliphatic hydroxyl groups is 1. The SMILES string of the molecule is CC(CO)N(C)CCCS(C)(=O)=O. The summed E-state index contributed by atoms with van der Waals surface area (Å²) in [5.74, 6) is 0.218. The maximum atomic E-state index is 10.8. The van der Waals surface area contributed by atoms with E-state index >= 15 is 0 Å². The average Bonchev–Trinajstić information content (AvgIpc) is 2.00. The van der Waals surface area contributed by atoms with E-state index in [0.717, 1.165) is 0 Å². The van der Waals surface area contributed by atoms with Gasteiger partial charge in [-0.25, -0.2) is 8.42 Å². The molecule has 1 atom stereocenters. The lowest BCUT2D eigenvalue weighted by molar-refractivity contribution is 0.159. The molecule has 0 amide bonds. The smallest absolute Gasteiger partial charge is 0.147 e. The molecule has 80 valence electrons. The zero-order valence-corrected chi connectivity index (χ0v) is 9.34. The van der Waals surface area contributed by atoms with Crippen LogP contribution in [0, 0.1) is 0 Å². The maximum absolute atomic E-state index is 10.8. The normalized spacial score (nSPS) is 14.8. The van der Waals surface area contributed by atoms with Gasteiger partial charge in [0, 0.05) is 12.3 Å². The van der Waals surface area contributed by atoms with E-state index in [2.05, 4.69) is 0 Å². The van der Waals surface area contributed by atoms with E-state index in [1.54, 1.807) is 0 Å². The van der Waals surface area contributed by atoms with E-state index in [1.807, 2.05) is 18.9 Å². The van der Waals surface area contributed by atoms with E-state index in [1.165, 1.54) is 6.26 Å². The fourth-order valence-corrected chi connectivity index (χ4v) is 1.59. The van der Waals surface area contributed by atoms with Crippen molar-refractivity contribution in [1.29, 1.82) is 0 Å². The van der Waals surface area contributed by atoms with Gasteiger partial charge in [0.25, 0.3) is 0 Å². The van der Waals surface area contributed by atoms with Gasteiger partial charge in [-0.1, -0.05) is 0 Å². The van der Waals surface area contributed by atoms with Crippen molar-refractivity contribution in [2.75, 3.05) is 32.2 Å². The summed E-state index contributed by atoms with van der Waals surface area (Å²) in [6, 6.07) is 0.0968. The number of rotatable bonds is 6. The topological polar surface area (TPSA) is 57.6 Å².